The third-order valence-electron chi connectivity index (χ3n) is 4.88. The van der Waals surface area contributed by atoms with Gasteiger partial charge in [0.15, 0.2) is 0 Å². The number of likely N-dealkylation sites (tertiary alicyclic amines) is 1. The summed E-state index contributed by atoms with van der Waals surface area (Å²) in [5.41, 5.74) is 0.244. The van der Waals surface area contributed by atoms with Crippen LogP contribution in [0, 0.1) is 0 Å². The molecule has 0 N–H and O–H groups in total. The Hall–Kier alpha value is -2.24. The molecule has 2 saturated heterocycles. The maximum atomic E-state index is 12.3. The molecule has 6 heteroatoms. The fraction of sp³-hybridized carbons (Fsp3) is 0.600. The van der Waals surface area contributed by atoms with Gasteiger partial charge >= 0.3 is 12.2 Å². The Labute approximate surface area is 155 Å². The van der Waals surface area contributed by atoms with Gasteiger partial charge in [-0.3, -0.25) is 0 Å². The second-order valence-electron chi connectivity index (χ2n) is 8.18. The largest absolute Gasteiger partial charge is 0.444 e. The van der Waals surface area contributed by atoms with E-state index in [-0.39, 0.29) is 12.2 Å². The predicted octanol–water partition coefficient (Wildman–Crippen LogP) is 3.45. The van der Waals surface area contributed by atoms with E-state index in [0.717, 1.165) is 6.42 Å². The summed E-state index contributed by atoms with van der Waals surface area (Å²) < 4.78 is 11.2. The van der Waals surface area contributed by atoms with Gasteiger partial charge in [-0.1, -0.05) is 30.3 Å². The van der Waals surface area contributed by atoms with E-state index >= 15 is 0 Å². The molecule has 2 aliphatic heterocycles. The first-order valence-electron chi connectivity index (χ1n) is 9.26. The van der Waals surface area contributed by atoms with Crippen molar-refractivity contribution in [3.05, 3.63) is 35.9 Å². The van der Waals surface area contributed by atoms with Crippen LogP contribution in [-0.2, 0) is 15.9 Å². The van der Waals surface area contributed by atoms with Crippen molar-refractivity contribution in [3.63, 3.8) is 0 Å². The Kier molecular flexibility index (Phi) is 5.12. The van der Waals surface area contributed by atoms with E-state index in [9.17, 15) is 9.59 Å². The molecular weight excluding hydrogens is 332 g/mol. The number of ether oxygens (including phenoxy) is 2. The number of amides is 2. The first-order valence-corrected chi connectivity index (χ1v) is 9.26. The van der Waals surface area contributed by atoms with Crippen molar-refractivity contribution in [2.75, 3.05) is 26.2 Å². The number of piperidine rings is 1. The van der Waals surface area contributed by atoms with Crippen LogP contribution in [0.25, 0.3) is 0 Å². The molecule has 1 aromatic carbocycles. The number of hydrogen-bond donors (Lipinski definition) is 0. The Morgan fingerprint density at radius 3 is 2.46 bits per heavy atom. The standard InChI is InChI=1S/C20H28N2O4/c1-19(2,3)25-17(23)21-13-10-20(11-14-21)15-22(18(24)26-20)12-9-16-7-5-4-6-8-16/h4-8H,9-15H2,1-3H3. The van der Waals surface area contributed by atoms with Gasteiger partial charge in [0.25, 0.3) is 0 Å². The maximum absolute atomic E-state index is 12.3. The third-order valence-corrected chi connectivity index (χ3v) is 4.88. The van der Waals surface area contributed by atoms with E-state index in [2.05, 4.69) is 12.1 Å². The number of carbonyl (C=O) groups excluding carboxylic acids is 2. The van der Waals surface area contributed by atoms with Gasteiger partial charge in [0.1, 0.15) is 11.2 Å². The zero-order valence-electron chi connectivity index (χ0n) is 15.9. The van der Waals surface area contributed by atoms with Crippen LogP contribution in [0.1, 0.15) is 39.2 Å². The SMILES string of the molecule is CC(C)(C)OC(=O)N1CCC2(CC1)CN(CCc1ccccc1)C(=O)O2. The summed E-state index contributed by atoms with van der Waals surface area (Å²) in [4.78, 5) is 28.0. The van der Waals surface area contributed by atoms with Gasteiger partial charge in [0.2, 0.25) is 0 Å². The molecule has 0 radical (unpaired) electrons. The highest BCUT2D eigenvalue weighted by Crippen LogP contribution is 2.33. The first kappa shape index (κ1) is 18.5. The van der Waals surface area contributed by atoms with Gasteiger partial charge < -0.3 is 19.3 Å². The summed E-state index contributed by atoms with van der Waals surface area (Å²) in [5, 5.41) is 0. The molecule has 0 unspecified atom stereocenters. The average Bonchev–Trinajstić information content (AvgIpc) is 2.88. The Morgan fingerprint density at radius 1 is 1.19 bits per heavy atom. The predicted molar refractivity (Wildman–Crippen MR) is 98.0 cm³/mol. The van der Waals surface area contributed by atoms with Gasteiger partial charge in [-0.15, -0.1) is 0 Å². The van der Waals surface area contributed by atoms with Gasteiger partial charge in [0.05, 0.1) is 6.54 Å². The van der Waals surface area contributed by atoms with Crippen molar-refractivity contribution >= 4 is 12.2 Å². The van der Waals surface area contributed by atoms with E-state index in [1.54, 1.807) is 9.80 Å². The third kappa shape index (κ3) is 4.48. The molecule has 1 spiro atoms. The zero-order chi connectivity index (χ0) is 18.8. The van der Waals surface area contributed by atoms with Crippen LogP contribution in [0.4, 0.5) is 9.59 Å². The molecule has 3 rings (SSSR count). The van der Waals surface area contributed by atoms with Crippen molar-refractivity contribution in [3.8, 4) is 0 Å². The van der Waals surface area contributed by atoms with Crippen molar-refractivity contribution in [2.45, 2.75) is 51.2 Å². The minimum absolute atomic E-state index is 0.244. The van der Waals surface area contributed by atoms with E-state index in [0.29, 0.717) is 39.0 Å². The molecule has 2 fully saturated rings. The number of hydrogen-bond acceptors (Lipinski definition) is 4. The van der Waals surface area contributed by atoms with Crippen LogP contribution in [-0.4, -0.2) is 59.4 Å². The van der Waals surface area contributed by atoms with Gasteiger partial charge in [-0.2, -0.15) is 0 Å². The lowest BCUT2D eigenvalue weighted by Gasteiger charge is -2.37. The molecule has 142 valence electrons. The topological polar surface area (TPSA) is 59.1 Å². The molecule has 0 saturated carbocycles. The van der Waals surface area contributed by atoms with Gasteiger partial charge in [0, 0.05) is 32.5 Å². The summed E-state index contributed by atoms with van der Waals surface area (Å²) in [6.45, 7) is 7.93. The Bertz CT molecular complexity index is 646. The normalized spacial score (nSPS) is 19.6. The Balaban J connectivity index is 1.51. The summed E-state index contributed by atoms with van der Waals surface area (Å²) in [6, 6.07) is 10.1. The second-order valence-corrected chi connectivity index (χ2v) is 8.18. The Morgan fingerprint density at radius 2 is 1.85 bits per heavy atom. The first-order chi connectivity index (χ1) is 12.3. The lowest BCUT2D eigenvalue weighted by Crippen LogP contribution is -2.49. The van der Waals surface area contributed by atoms with Crippen molar-refractivity contribution in [2.24, 2.45) is 0 Å². The molecule has 0 aromatic heterocycles. The number of carbonyl (C=O) groups is 2. The number of rotatable bonds is 3. The lowest BCUT2D eigenvalue weighted by molar-refractivity contribution is -0.0170. The van der Waals surface area contributed by atoms with Crippen LogP contribution in [0.3, 0.4) is 0 Å². The number of benzene rings is 1. The van der Waals surface area contributed by atoms with Crippen LogP contribution in [0.5, 0.6) is 0 Å². The maximum Gasteiger partial charge on any atom is 0.410 e. The molecule has 0 aliphatic carbocycles. The molecule has 2 heterocycles. The van der Waals surface area contributed by atoms with E-state index in [1.807, 2.05) is 39.0 Å². The minimum Gasteiger partial charge on any atom is -0.444 e. The summed E-state index contributed by atoms with van der Waals surface area (Å²) >= 11 is 0. The highest BCUT2D eigenvalue weighted by atomic mass is 16.6. The molecule has 26 heavy (non-hydrogen) atoms. The number of nitrogens with zero attached hydrogens (tertiary/aromatic N) is 2. The van der Waals surface area contributed by atoms with Crippen LogP contribution < -0.4 is 0 Å². The van der Waals surface area contributed by atoms with E-state index < -0.39 is 11.2 Å². The summed E-state index contributed by atoms with van der Waals surface area (Å²) in [5.74, 6) is 0. The van der Waals surface area contributed by atoms with Crippen molar-refractivity contribution in [1.82, 2.24) is 9.80 Å². The smallest absolute Gasteiger partial charge is 0.410 e. The van der Waals surface area contributed by atoms with E-state index in [1.165, 1.54) is 5.56 Å². The van der Waals surface area contributed by atoms with Crippen LogP contribution in [0.2, 0.25) is 0 Å². The molecular formula is C20H28N2O4. The fourth-order valence-corrected chi connectivity index (χ4v) is 3.46. The average molecular weight is 360 g/mol. The monoisotopic (exact) mass is 360 g/mol. The molecule has 0 atom stereocenters. The summed E-state index contributed by atoms with van der Waals surface area (Å²) in [7, 11) is 0. The minimum atomic E-state index is -0.500. The lowest BCUT2D eigenvalue weighted by atomic mass is 9.91. The molecule has 2 aliphatic rings. The summed E-state index contributed by atoms with van der Waals surface area (Å²) in [6.07, 6.45) is 1.58. The molecule has 6 nitrogen and oxygen atoms in total. The van der Waals surface area contributed by atoms with Crippen LogP contribution in [0.15, 0.2) is 30.3 Å². The quantitative estimate of drug-likeness (QED) is 0.828. The highest BCUT2D eigenvalue weighted by molar-refractivity contribution is 5.71. The van der Waals surface area contributed by atoms with Crippen molar-refractivity contribution in [1.29, 1.82) is 0 Å². The molecule has 0 bridgehead atoms. The molecule has 1 aromatic rings. The van der Waals surface area contributed by atoms with Gasteiger partial charge in [-0.05, 0) is 32.8 Å². The van der Waals surface area contributed by atoms with Crippen molar-refractivity contribution < 1.29 is 19.1 Å². The zero-order valence-corrected chi connectivity index (χ0v) is 15.9. The molecule has 2 amide bonds. The van der Waals surface area contributed by atoms with Crippen LogP contribution >= 0.6 is 0 Å². The highest BCUT2D eigenvalue weighted by Gasteiger charge is 2.47. The van der Waals surface area contributed by atoms with Gasteiger partial charge in [-0.25, -0.2) is 9.59 Å². The second kappa shape index (κ2) is 7.17. The fourth-order valence-electron chi connectivity index (χ4n) is 3.46. The van der Waals surface area contributed by atoms with E-state index in [4.69, 9.17) is 9.47 Å².